The van der Waals surface area contributed by atoms with Crippen molar-refractivity contribution in [2.75, 3.05) is 13.6 Å². The van der Waals surface area contributed by atoms with Gasteiger partial charge in [-0.05, 0) is 38.3 Å². The summed E-state index contributed by atoms with van der Waals surface area (Å²) in [7, 11) is 1.83. The predicted octanol–water partition coefficient (Wildman–Crippen LogP) is 4.37. The van der Waals surface area contributed by atoms with Crippen LogP contribution in [0, 0.1) is 5.92 Å². The molecule has 0 bridgehead atoms. The summed E-state index contributed by atoms with van der Waals surface area (Å²) in [4.78, 5) is 14.1. The number of amides is 1. The number of carbonyl (C=O) groups is 1. The molecule has 0 aliphatic rings. The van der Waals surface area contributed by atoms with Gasteiger partial charge in [0, 0.05) is 13.6 Å². The number of hydrogen-bond acceptors (Lipinski definition) is 2. The fraction of sp³-hybridized carbons (Fsp3) is 0.611. The van der Waals surface area contributed by atoms with Crippen molar-refractivity contribution in [1.82, 2.24) is 4.90 Å². The highest BCUT2D eigenvalue weighted by atomic mass is 16.5. The SMILES string of the molecule is CC.CC(C)CCN(C)C(=O)C(C)(C)Oc1ccccc1. The topological polar surface area (TPSA) is 29.5 Å². The minimum Gasteiger partial charge on any atom is -0.478 e. The van der Waals surface area contributed by atoms with E-state index in [1.54, 1.807) is 4.90 Å². The lowest BCUT2D eigenvalue weighted by Crippen LogP contribution is -2.47. The number of rotatable bonds is 6. The van der Waals surface area contributed by atoms with Gasteiger partial charge in [-0.2, -0.15) is 0 Å². The third-order valence-electron chi connectivity index (χ3n) is 3.02. The molecule has 120 valence electrons. The normalized spacial score (nSPS) is 10.7. The van der Waals surface area contributed by atoms with Crippen molar-refractivity contribution in [1.29, 1.82) is 0 Å². The molecule has 0 unspecified atom stereocenters. The van der Waals surface area contributed by atoms with E-state index in [1.165, 1.54) is 0 Å². The third-order valence-corrected chi connectivity index (χ3v) is 3.02. The highest BCUT2D eigenvalue weighted by molar-refractivity contribution is 5.84. The Kier molecular flexibility index (Phi) is 8.75. The minimum absolute atomic E-state index is 0.0111. The number of benzene rings is 1. The summed E-state index contributed by atoms with van der Waals surface area (Å²) in [5.41, 5.74) is -0.840. The first-order valence-electron chi connectivity index (χ1n) is 7.82. The molecular formula is C18H31NO2. The first-order chi connectivity index (χ1) is 9.83. The molecule has 0 saturated heterocycles. The second kappa shape index (κ2) is 9.43. The molecule has 1 amide bonds. The van der Waals surface area contributed by atoms with Crippen molar-refractivity contribution in [3.8, 4) is 5.75 Å². The molecule has 0 aliphatic heterocycles. The molecule has 0 aromatic heterocycles. The van der Waals surface area contributed by atoms with Crippen LogP contribution >= 0.6 is 0 Å². The minimum atomic E-state index is -0.840. The lowest BCUT2D eigenvalue weighted by Gasteiger charge is -2.30. The van der Waals surface area contributed by atoms with Crippen molar-refractivity contribution < 1.29 is 9.53 Å². The van der Waals surface area contributed by atoms with Gasteiger partial charge in [-0.3, -0.25) is 4.79 Å². The number of nitrogens with zero attached hydrogens (tertiary/aromatic N) is 1. The molecule has 1 rings (SSSR count). The molecule has 21 heavy (non-hydrogen) atoms. The van der Waals surface area contributed by atoms with Crippen LogP contribution in [0.15, 0.2) is 30.3 Å². The van der Waals surface area contributed by atoms with E-state index in [0.717, 1.165) is 18.7 Å². The second-order valence-corrected chi connectivity index (χ2v) is 5.83. The summed E-state index contributed by atoms with van der Waals surface area (Å²) in [6.45, 7) is 12.7. The van der Waals surface area contributed by atoms with E-state index >= 15 is 0 Å². The standard InChI is InChI=1S/C16H25NO2.C2H6/c1-13(2)11-12-17(5)15(18)16(3,4)19-14-9-7-6-8-10-14;1-2/h6-10,13H,11-12H2,1-5H3;1-2H3. The van der Waals surface area contributed by atoms with Gasteiger partial charge < -0.3 is 9.64 Å². The Morgan fingerprint density at radius 2 is 1.71 bits per heavy atom. The monoisotopic (exact) mass is 293 g/mol. The Bertz CT molecular complexity index is 399. The lowest BCUT2D eigenvalue weighted by molar-refractivity contribution is -0.144. The Balaban J connectivity index is 0.00000191. The van der Waals surface area contributed by atoms with Crippen LogP contribution in [0.25, 0.3) is 0 Å². The number of carbonyl (C=O) groups excluding carboxylic acids is 1. The summed E-state index contributed by atoms with van der Waals surface area (Å²) in [5, 5.41) is 0. The zero-order valence-electron chi connectivity index (χ0n) is 14.6. The number of para-hydroxylation sites is 1. The van der Waals surface area contributed by atoms with E-state index in [1.807, 2.05) is 65.1 Å². The van der Waals surface area contributed by atoms with E-state index < -0.39 is 5.60 Å². The van der Waals surface area contributed by atoms with E-state index in [4.69, 9.17) is 4.74 Å². The van der Waals surface area contributed by atoms with Crippen LogP contribution in [0.3, 0.4) is 0 Å². The molecule has 0 fully saturated rings. The number of likely N-dealkylation sites (N-methyl/N-ethyl adjacent to an activating group) is 1. The first kappa shape index (κ1) is 19.5. The van der Waals surface area contributed by atoms with Gasteiger partial charge in [0.15, 0.2) is 5.60 Å². The quantitative estimate of drug-likeness (QED) is 0.779. The number of hydrogen-bond donors (Lipinski definition) is 0. The molecule has 1 aromatic carbocycles. The largest absolute Gasteiger partial charge is 0.478 e. The van der Waals surface area contributed by atoms with Crippen LogP contribution in [0.4, 0.5) is 0 Å². The highest BCUT2D eigenvalue weighted by Crippen LogP contribution is 2.19. The smallest absolute Gasteiger partial charge is 0.265 e. The van der Waals surface area contributed by atoms with Gasteiger partial charge in [-0.25, -0.2) is 0 Å². The molecule has 0 N–H and O–H groups in total. The zero-order chi connectivity index (χ0) is 16.5. The third kappa shape index (κ3) is 7.16. The fourth-order valence-corrected chi connectivity index (χ4v) is 1.84. The summed E-state index contributed by atoms with van der Waals surface area (Å²) >= 11 is 0. The Labute approximate surface area is 130 Å². The molecule has 1 aromatic rings. The average Bonchev–Trinajstić information content (AvgIpc) is 2.46. The lowest BCUT2D eigenvalue weighted by atomic mass is 10.1. The molecule has 3 heteroatoms. The maximum atomic E-state index is 12.4. The van der Waals surface area contributed by atoms with Gasteiger partial charge in [-0.15, -0.1) is 0 Å². The van der Waals surface area contributed by atoms with Crippen LogP contribution in [0.2, 0.25) is 0 Å². The zero-order valence-corrected chi connectivity index (χ0v) is 14.6. The summed E-state index contributed by atoms with van der Waals surface area (Å²) < 4.78 is 5.80. The predicted molar refractivity (Wildman–Crippen MR) is 89.6 cm³/mol. The van der Waals surface area contributed by atoms with Crippen LogP contribution in [-0.2, 0) is 4.79 Å². The Morgan fingerprint density at radius 1 is 1.19 bits per heavy atom. The Morgan fingerprint density at radius 3 is 2.19 bits per heavy atom. The van der Waals surface area contributed by atoms with Gasteiger partial charge in [0.2, 0.25) is 0 Å². The van der Waals surface area contributed by atoms with E-state index in [9.17, 15) is 4.79 Å². The van der Waals surface area contributed by atoms with Gasteiger partial charge in [0.25, 0.3) is 5.91 Å². The van der Waals surface area contributed by atoms with E-state index in [2.05, 4.69) is 13.8 Å². The van der Waals surface area contributed by atoms with Gasteiger partial charge in [0.1, 0.15) is 5.75 Å². The molecule has 3 nitrogen and oxygen atoms in total. The Hall–Kier alpha value is -1.51. The van der Waals surface area contributed by atoms with E-state index in [0.29, 0.717) is 5.92 Å². The van der Waals surface area contributed by atoms with E-state index in [-0.39, 0.29) is 5.91 Å². The van der Waals surface area contributed by atoms with Gasteiger partial charge in [-0.1, -0.05) is 45.9 Å². The van der Waals surface area contributed by atoms with Crippen molar-refractivity contribution >= 4 is 5.91 Å². The fourth-order valence-electron chi connectivity index (χ4n) is 1.84. The summed E-state index contributed by atoms with van der Waals surface area (Å²) in [6.07, 6.45) is 1.00. The molecule has 0 heterocycles. The van der Waals surface area contributed by atoms with Crippen molar-refractivity contribution in [2.24, 2.45) is 5.92 Å². The van der Waals surface area contributed by atoms with Crippen LogP contribution in [-0.4, -0.2) is 30.0 Å². The van der Waals surface area contributed by atoms with Crippen LogP contribution < -0.4 is 4.74 Å². The molecule has 0 aliphatic carbocycles. The average molecular weight is 293 g/mol. The maximum Gasteiger partial charge on any atom is 0.265 e. The van der Waals surface area contributed by atoms with Crippen molar-refractivity contribution in [3.63, 3.8) is 0 Å². The molecule has 0 spiro atoms. The van der Waals surface area contributed by atoms with Gasteiger partial charge in [0.05, 0.1) is 0 Å². The van der Waals surface area contributed by atoms with Crippen molar-refractivity contribution in [2.45, 2.75) is 53.6 Å². The summed E-state index contributed by atoms with van der Waals surface area (Å²) in [6, 6.07) is 9.46. The molecule has 0 saturated carbocycles. The molecule has 0 radical (unpaired) electrons. The first-order valence-corrected chi connectivity index (χ1v) is 7.82. The maximum absolute atomic E-state index is 12.4. The molecular weight excluding hydrogens is 262 g/mol. The van der Waals surface area contributed by atoms with Crippen LogP contribution in [0.5, 0.6) is 5.75 Å². The highest BCUT2D eigenvalue weighted by Gasteiger charge is 2.32. The van der Waals surface area contributed by atoms with Crippen LogP contribution in [0.1, 0.15) is 48.0 Å². The molecule has 0 atom stereocenters. The van der Waals surface area contributed by atoms with Crippen molar-refractivity contribution in [3.05, 3.63) is 30.3 Å². The second-order valence-electron chi connectivity index (χ2n) is 5.83. The summed E-state index contributed by atoms with van der Waals surface area (Å²) in [5.74, 6) is 1.32. The number of ether oxygens (including phenoxy) is 1. The van der Waals surface area contributed by atoms with Gasteiger partial charge >= 0.3 is 0 Å².